The lowest BCUT2D eigenvalue weighted by atomic mass is 9.94. The van der Waals surface area contributed by atoms with Gasteiger partial charge < -0.3 is 9.47 Å². The van der Waals surface area contributed by atoms with Gasteiger partial charge in [-0.3, -0.25) is 4.79 Å². The van der Waals surface area contributed by atoms with Crippen LogP contribution in [0.3, 0.4) is 0 Å². The van der Waals surface area contributed by atoms with Crippen molar-refractivity contribution in [3.8, 4) is 0 Å². The van der Waals surface area contributed by atoms with Gasteiger partial charge in [-0.2, -0.15) is 0 Å². The van der Waals surface area contributed by atoms with Crippen LogP contribution in [-0.4, -0.2) is 43.4 Å². The Balaban J connectivity index is 1.68. The number of hydrogen-bond donors (Lipinski definition) is 0. The van der Waals surface area contributed by atoms with E-state index in [9.17, 15) is 4.79 Å². The Hall–Kier alpha value is -1.04. The average Bonchev–Trinajstić information content (AvgIpc) is 3.04. The van der Waals surface area contributed by atoms with E-state index in [0.29, 0.717) is 12.1 Å². The maximum Gasteiger partial charge on any atom is 0.236 e. The van der Waals surface area contributed by atoms with E-state index >= 15 is 0 Å². The van der Waals surface area contributed by atoms with Crippen molar-refractivity contribution in [2.24, 2.45) is 0 Å². The summed E-state index contributed by atoms with van der Waals surface area (Å²) < 4.78 is 2.30. The molecule has 1 atom stereocenters. The molecule has 5 nitrogen and oxygen atoms in total. The van der Waals surface area contributed by atoms with Crippen molar-refractivity contribution in [2.75, 3.05) is 6.54 Å². The molecule has 1 aromatic heterocycles. The van der Waals surface area contributed by atoms with Gasteiger partial charge in [-0.1, -0.05) is 50.3 Å². The first-order valence-electron chi connectivity index (χ1n) is 10.5. The molecule has 1 aromatic rings. The first-order valence-corrected chi connectivity index (χ1v) is 11.4. The summed E-state index contributed by atoms with van der Waals surface area (Å²) in [6.45, 7) is 6.99. The molecule has 146 valence electrons. The summed E-state index contributed by atoms with van der Waals surface area (Å²) in [5.41, 5.74) is 0. The first-order chi connectivity index (χ1) is 12.6. The Labute approximate surface area is 162 Å². The number of carbonyl (C=O) groups excluding carboxylic acids is 1. The molecule has 0 spiro atoms. The smallest absolute Gasteiger partial charge is 0.236 e. The Morgan fingerprint density at radius 1 is 1.12 bits per heavy atom. The van der Waals surface area contributed by atoms with Gasteiger partial charge in [0, 0.05) is 18.6 Å². The van der Waals surface area contributed by atoms with Gasteiger partial charge in [-0.15, -0.1) is 10.2 Å². The molecule has 0 radical (unpaired) electrons. The molecule has 0 saturated heterocycles. The number of carbonyl (C=O) groups is 1. The minimum Gasteiger partial charge on any atom is -0.339 e. The third-order valence-corrected chi connectivity index (χ3v) is 7.09. The molecule has 2 aliphatic rings. The molecule has 1 unspecified atom stereocenters. The number of thioether (sulfide) groups is 1. The fraction of sp³-hybridized carbons (Fsp3) is 0.850. The lowest BCUT2D eigenvalue weighted by Crippen LogP contribution is -2.44. The first kappa shape index (κ1) is 19.7. The van der Waals surface area contributed by atoms with Crippen molar-refractivity contribution in [3.05, 3.63) is 5.82 Å². The lowest BCUT2D eigenvalue weighted by Gasteiger charge is -2.35. The zero-order valence-electron chi connectivity index (χ0n) is 16.6. The molecule has 3 rings (SSSR count). The predicted octanol–water partition coefficient (Wildman–Crippen LogP) is 4.75. The second-order valence-electron chi connectivity index (χ2n) is 7.87. The molecule has 0 aliphatic heterocycles. The zero-order valence-corrected chi connectivity index (χ0v) is 17.4. The van der Waals surface area contributed by atoms with Crippen LogP contribution in [0.5, 0.6) is 0 Å². The van der Waals surface area contributed by atoms with Crippen molar-refractivity contribution in [1.29, 1.82) is 0 Å². The number of aromatic nitrogens is 3. The van der Waals surface area contributed by atoms with Gasteiger partial charge in [-0.05, 0) is 46.5 Å². The van der Waals surface area contributed by atoms with Crippen LogP contribution in [0.25, 0.3) is 0 Å². The lowest BCUT2D eigenvalue weighted by molar-refractivity contribution is -0.133. The van der Waals surface area contributed by atoms with Gasteiger partial charge in [0.25, 0.3) is 0 Å². The zero-order chi connectivity index (χ0) is 18.5. The van der Waals surface area contributed by atoms with Crippen molar-refractivity contribution in [1.82, 2.24) is 19.7 Å². The van der Waals surface area contributed by atoms with Gasteiger partial charge in [0.2, 0.25) is 5.91 Å². The molecule has 2 fully saturated rings. The Kier molecular flexibility index (Phi) is 7.01. The number of amides is 1. The summed E-state index contributed by atoms with van der Waals surface area (Å²) >= 11 is 1.60. The van der Waals surface area contributed by atoms with Crippen LogP contribution in [0.15, 0.2) is 5.16 Å². The minimum absolute atomic E-state index is 0.109. The number of aryl methyl sites for hydroxylation is 1. The van der Waals surface area contributed by atoms with Crippen LogP contribution in [0.2, 0.25) is 0 Å². The second-order valence-corrected chi connectivity index (χ2v) is 9.18. The largest absolute Gasteiger partial charge is 0.339 e. The topological polar surface area (TPSA) is 51.0 Å². The third-order valence-electron chi connectivity index (χ3n) is 6.04. The van der Waals surface area contributed by atoms with Crippen LogP contribution < -0.4 is 0 Å². The summed E-state index contributed by atoms with van der Waals surface area (Å²) in [5.74, 6) is 1.25. The number of rotatable bonds is 6. The van der Waals surface area contributed by atoms with Crippen LogP contribution in [0.1, 0.15) is 89.9 Å². The van der Waals surface area contributed by atoms with E-state index < -0.39 is 0 Å². The minimum atomic E-state index is -0.109. The molecule has 2 aliphatic carbocycles. The Morgan fingerprint density at radius 3 is 2.35 bits per heavy atom. The summed E-state index contributed by atoms with van der Waals surface area (Å²) in [6, 6.07) is 0.937. The maximum absolute atomic E-state index is 13.1. The molecular weight excluding hydrogens is 344 g/mol. The molecule has 1 amide bonds. The monoisotopic (exact) mass is 378 g/mol. The maximum atomic E-state index is 13.1. The Morgan fingerprint density at radius 2 is 1.73 bits per heavy atom. The normalized spacial score (nSPS) is 20.9. The van der Waals surface area contributed by atoms with Gasteiger partial charge in [-0.25, -0.2) is 0 Å². The van der Waals surface area contributed by atoms with Crippen LogP contribution in [-0.2, 0) is 4.79 Å². The number of hydrogen-bond acceptors (Lipinski definition) is 4. The molecule has 2 saturated carbocycles. The predicted molar refractivity (Wildman–Crippen MR) is 106 cm³/mol. The van der Waals surface area contributed by atoms with Gasteiger partial charge >= 0.3 is 0 Å². The van der Waals surface area contributed by atoms with Gasteiger partial charge in [0.05, 0.1) is 5.25 Å². The van der Waals surface area contributed by atoms with Crippen molar-refractivity contribution >= 4 is 17.7 Å². The van der Waals surface area contributed by atoms with Crippen LogP contribution in [0.4, 0.5) is 0 Å². The van der Waals surface area contributed by atoms with Crippen molar-refractivity contribution in [3.63, 3.8) is 0 Å². The molecule has 1 heterocycles. The molecule has 0 N–H and O–H groups in total. The van der Waals surface area contributed by atoms with Crippen LogP contribution >= 0.6 is 11.8 Å². The fourth-order valence-electron chi connectivity index (χ4n) is 4.62. The van der Waals surface area contributed by atoms with E-state index in [-0.39, 0.29) is 11.2 Å². The van der Waals surface area contributed by atoms with Crippen LogP contribution in [0, 0.1) is 6.92 Å². The second kappa shape index (κ2) is 9.25. The highest BCUT2D eigenvalue weighted by Crippen LogP contribution is 2.34. The summed E-state index contributed by atoms with van der Waals surface area (Å²) in [6.07, 6.45) is 12.5. The molecule has 26 heavy (non-hydrogen) atoms. The number of nitrogens with zero attached hydrogens (tertiary/aromatic N) is 4. The standard InChI is InChI=1S/C20H34N4OS/c1-4-23(17-11-7-5-8-12-17)19(25)15(2)26-20-22-21-16(3)24(20)18-13-9-6-10-14-18/h15,17-18H,4-14H2,1-3H3. The van der Waals surface area contributed by atoms with Gasteiger partial charge in [0.1, 0.15) is 5.82 Å². The SMILES string of the molecule is CCN(C(=O)C(C)Sc1nnc(C)n1C1CCCCC1)C1CCCCC1. The summed E-state index contributed by atoms with van der Waals surface area (Å²) in [5, 5.41) is 9.56. The van der Waals surface area contributed by atoms with E-state index in [1.165, 1.54) is 51.4 Å². The summed E-state index contributed by atoms with van der Waals surface area (Å²) in [7, 11) is 0. The quantitative estimate of drug-likeness (QED) is 0.670. The highest BCUT2D eigenvalue weighted by molar-refractivity contribution is 8.00. The van der Waals surface area contributed by atoms with E-state index in [4.69, 9.17) is 0 Å². The van der Waals surface area contributed by atoms with Crippen molar-refractivity contribution < 1.29 is 4.79 Å². The van der Waals surface area contributed by atoms with E-state index in [1.807, 2.05) is 13.8 Å². The van der Waals surface area contributed by atoms with E-state index in [0.717, 1.165) is 30.4 Å². The van der Waals surface area contributed by atoms with Crippen molar-refractivity contribution in [2.45, 2.75) is 107 Å². The Bertz CT molecular complexity index is 591. The summed E-state index contributed by atoms with van der Waals surface area (Å²) in [4.78, 5) is 15.2. The third kappa shape index (κ3) is 4.44. The molecular formula is C20H34N4OS. The van der Waals surface area contributed by atoms with Gasteiger partial charge in [0.15, 0.2) is 5.16 Å². The highest BCUT2D eigenvalue weighted by atomic mass is 32.2. The fourth-order valence-corrected chi connectivity index (χ4v) is 5.65. The average molecular weight is 379 g/mol. The highest BCUT2D eigenvalue weighted by Gasteiger charge is 2.30. The molecule has 6 heteroatoms. The molecule has 0 aromatic carbocycles. The van der Waals surface area contributed by atoms with E-state index in [2.05, 4.69) is 26.6 Å². The van der Waals surface area contributed by atoms with E-state index in [1.54, 1.807) is 11.8 Å². The molecule has 0 bridgehead atoms.